The van der Waals surface area contributed by atoms with Crippen LogP contribution < -0.4 is 5.32 Å². The summed E-state index contributed by atoms with van der Waals surface area (Å²) in [5, 5.41) is 3.60. The van der Waals surface area contributed by atoms with Crippen LogP contribution in [0.4, 0.5) is 0 Å². The van der Waals surface area contributed by atoms with Gasteiger partial charge in [-0.3, -0.25) is 0 Å². The highest BCUT2D eigenvalue weighted by molar-refractivity contribution is 5.07. The second-order valence-corrected chi connectivity index (χ2v) is 5.71. The van der Waals surface area contributed by atoms with Crippen LogP contribution in [0.25, 0.3) is 0 Å². The van der Waals surface area contributed by atoms with E-state index in [1.807, 2.05) is 0 Å². The fourth-order valence-corrected chi connectivity index (χ4v) is 2.56. The lowest BCUT2D eigenvalue weighted by Gasteiger charge is -2.17. The number of aryl methyl sites for hydroxylation is 1. The number of rotatable bonds is 4. The van der Waals surface area contributed by atoms with Crippen LogP contribution in [0.5, 0.6) is 0 Å². The van der Waals surface area contributed by atoms with Crippen molar-refractivity contribution in [1.82, 2.24) is 5.32 Å². The monoisotopic (exact) mass is 221 g/mol. The van der Waals surface area contributed by atoms with E-state index < -0.39 is 0 Å². The number of hydrogen-bond acceptors (Lipinski definition) is 2. The molecule has 0 amide bonds. The molecule has 2 heteroatoms. The molecule has 1 unspecified atom stereocenters. The molecule has 1 fully saturated rings. The Balaban J connectivity index is 1.80. The minimum atomic E-state index is 0.523. The third-order valence-electron chi connectivity index (χ3n) is 3.60. The predicted molar refractivity (Wildman–Crippen MR) is 66.3 cm³/mol. The average Bonchev–Trinajstić information content (AvgIpc) is 2.81. The minimum Gasteiger partial charge on any atom is -0.465 e. The lowest BCUT2D eigenvalue weighted by Crippen LogP contribution is -2.26. The molecule has 0 aromatic carbocycles. The van der Waals surface area contributed by atoms with Gasteiger partial charge in [0.05, 0.1) is 6.54 Å². The summed E-state index contributed by atoms with van der Waals surface area (Å²) in [4.78, 5) is 0. The van der Waals surface area contributed by atoms with E-state index in [4.69, 9.17) is 4.42 Å². The topological polar surface area (TPSA) is 25.2 Å². The summed E-state index contributed by atoms with van der Waals surface area (Å²) in [7, 11) is 0. The van der Waals surface area contributed by atoms with Crippen LogP contribution in [0, 0.1) is 5.41 Å². The molecule has 0 bridgehead atoms. The summed E-state index contributed by atoms with van der Waals surface area (Å²) < 4.78 is 5.68. The predicted octanol–water partition coefficient (Wildman–Crippen LogP) is 3.51. The molecule has 16 heavy (non-hydrogen) atoms. The van der Waals surface area contributed by atoms with Gasteiger partial charge in [-0.15, -0.1) is 0 Å². The highest BCUT2D eigenvalue weighted by Gasteiger charge is 2.30. The largest absolute Gasteiger partial charge is 0.465 e. The van der Waals surface area contributed by atoms with Gasteiger partial charge >= 0.3 is 0 Å². The van der Waals surface area contributed by atoms with Gasteiger partial charge < -0.3 is 9.73 Å². The molecular weight excluding hydrogens is 198 g/mol. The van der Waals surface area contributed by atoms with Gasteiger partial charge in [-0.05, 0) is 36.8 Å². The molecule has 2 rings (SSSR count). The second kappa shape index (κ2) is 4.62. The molecule has 1 aromatic rings. The zero-order valence-electron chi connectivity index (χ0n) is 10.7. The quantitative estimate of drug-likeness (QED) is 0.841. The Hall–Kier alpha value is -0.760. The van der Waals surface area contributed by atoms with E-state index in [0.717, 1.165) is 24.5 Å². The van der Waals surface area contributed by atoms with Crippen molar-refractivity contribution in [1.29, 1.82) is 0 Å². The van der Waals surface area contributed by atoms with Crippen LogP contribution in [0.3, 0.4) is 0 Å². The molecule has 1 aliphatic rings. The third kappa shape index (κ3) is 2.88. The number of hydrogen-bond donors (Lipinski definition) is 1. The van der Waals surface area contributed by atoms with Crippen molar-refractivity contribution in [2.24, 2.45) is 5.41 Å². The summed E-state index contributed by atoms with van der Waals surface area (Å²) >= 11 is 0. The second-order valence-electron chi connectivity index (χ2n) is 5.71. The van der Waals surface area contributed by atoms with E-state index in [2.05, 4.69) is 38.2 Å². The van der Waals surface area contributed by atoms with Gasteiger partial charge in [0.2, 0.25) is 0 Å². The normalized spacial score (nSPS) is 23.8. The highest BCUT2D eigenvalue weighted by atomic mass is 16.3. The van der Waals surface area contributed by atoms with Crippen LogP contribution in [0.1, 0.15) is 51.6 Å². The molecule has 0 spiro atoms. The summed E-state index contributed by atoms with van der Waals surface area (Å²) in [6.07, 6.45) is 4.90. The van der Waals surface area contributed by atoms with Crippen LogP contribution in [0.15, 0.2) is 16.5 Å². The zero-order valence-corrected chi connectivity index (χ0v) is 10.7. The first-order chi connectivity index (χ1) is 7.59. The zero-order chi connectivity index (χ0) is 11.6. The molecular formula is C14H23NO. The Bertz CT molecular complexity index is 340. The SMILES string of the molecule is CCc1ccc(CNC2CCC(C)(C)C2)o1. The molecule has 1 heterocycles. The lowest BCUT2D eigenvalue weighted by atomic mass is 9.92. The molecule has 1 aliphatic carbocycles. The van der Waals surface area contributed by atoms with E-state index in [-0.39, 0.29) is 0 Å². The first-order valence-electron chi connectivity index (χ1n) is 6.40. The van der Waals surface area contributed by atoms with E-state index in [0.29, 0.717) is 11.5 Å². The van der Waals surface area contributed by atoms with Gasteiger partial charge in [0.15, 0.2) is 0 Å². The van der Waals surface area contributed by atoms with E-state index in [1.165, 1.54) is 19.3 Å². The van der Waals surface area contributed by atoms with Crippen molar-refractivity contribution in [3.8, 4) is 0 Å². The first-order valence-corrected chi connectivity index (χ1v) is 6.40. The maximum absolute atomic E-state index is 5.68. The third-order valence-corrected chi connectivity index (χ3v) is 3.60. The minimum absolute atomic E-state index is 0.523. The Labute approximate surface area is 98.4 Å². The molecule has 0 aliphatic heterocycles. The van der Waals surface area contributed by atoms with Crippen molar-refractivity contribution in [2.45, 2.75) is 59.0 Å². The molecule has 1 N–H and O–H groups in total. The van der Waals surface area contributed by atoms with Crippen LogP contribution >= 0.6 is 0 Å². The van der Waals surface area contributed by atoms with Gasteiger partial charge in [-0.25, -0.2) is 0 Å². The Morgan fingerprint density at radius 1 is 1.38 bits per heavy atom. The van der Waals surface area contributed by atoms with Crippen LogP contribution in [0.2, 0.25) is 0 Å². The Morgan fingerprint density at radius 2 is 2.12 bits per heavy atom. The maximum Gasteiger partial charge on any atom is 0.117 e. The van der Waals surface area contributed by atoms with Crippen molar-refractivity contribution in [2.75, 3.05) is 0 Å². The summed E-state index contributed by atoms with van der Waals surface area (Å²) in [5.41, 5.74) is 0.523. The van der Waals surface area contributed by atoms with Gasteiger partial charge in [-0.1, -0.05) is 20.8 Å². The maximum atomic E-state index is 5.68. The van der Waals surface area contributed by atoms with Crippen molar-refractivity contribution in [3.05, 3.63) is 23.7 Å². The molecule has 0 saturated heterocycles. The van der Waals surface area contributed by atoms with Gasteiger partial charge in [0.25, 0.3) is 0 Å². The lowest BCUT2D eigenvalue weighted by molar-refractivity contribution is 0.358. The molecule has 1 aromatic heterocycles. The number of nitrogens with one attached hydrogen (secondary N) is 1. The van der Waals surface area contributed by atoms with E-state index in [1.54, 1.807) is 0 Å². The highest BCUT2D eigenvalue weighted by Crippen LogP contribution is 2.36. The first kappa shape index (κ1) is 11.7. The van der Waals surface area contributed by atoms with E-state index in [9.17, 15) is 0 Å². The number of furan rings is 1. The molecule has 2 nitrogen and oxygen atoms in total. The molecule has 0 radical (unpaired) electrons. The standard InChI is InChI=1S/C14H23NO/c1-4-12-5-6-13(16-12)10-15-11-7-8-14(2,3)9-11/h5-6,11,15H,4,7-10H2,1-3H3. The smallest absolute Gasteiger partial charge is 0.117 e. The fourth-order valence-electron chi connectivity index (χ4n) is 2.56. The Morgan fingerprint density at radius 3 is 2.69 bits per heavy atom. The van der Waals surface area contributed by atoms with Crippen molar-refractivity contribution >= 4 is 0 Å². The molecule has 90 valence electrons. The van der Waals surface area contributed by atoms with Crippen LogP contribution in [-0.2, 0) is 13.0 Å². The Kier molecular flexibility index (Phi) is 3.38. The average molecular weight is 221 g/mol. The van der Waals surface area contributed by atoms with Gasteiger partial charge in [0.1, 0.15) is 11.5 Å². The van der Waals surface area contributed by atoms with E-state index >= 15 is 0 Å². The molecule has 1 atom stereocenters. The van der Waals surface area contributed by atoms with Gasteiger partial charge in [-0.2, -0.15) is 0 Å². The van der Waals surface area contributed by atoms with Gasteiger partial charge in [0, 0.05) is 12.5 Å². The summed E-state index contributed by atoms with van der Waals surface area (Å²) in [6, 6.07) is 4.84. The fraction of sp³-hybridized carbons (Fsp3) is 0.714. The summed E-state index contributed by atoms with van der Waals surface area (Å²) in [5.74, 6) is 2.16. The van der Waals surface area contributed by atoms with Crippen LogP contribution in [-0.4, -0.2) is 6.04 Å². The van der Waals surface area contributed by atoms with Crippen molar-refractivity contribution < 1.29 is 4.42 Å². The van der Waals surface area contributed by atoms with Crippen molar-refractivity contribution in [3.63, 3.8) is 0 Å². The molecule has 1 saturated carbocycles. The summed E-state index contributed by atoms with van der Waals surface area (Å²) in [6.45, 7) is 7.71.